The molecule has 0 aromatic carbocycles. The predicted molar refractivity (Wildman–Crippen MR) is 68.7 cm³/mol. The van der Waals surface area contributed by atoms with Gasteiger partial charge in [-0.15, -0.1) is 0 Å². The van der Waals surface area contributed by atoms with Gasteiger partial charge in [-0.25, -0.2) is 0 Å². The highest BCUT2D eigenvalue weighted by Crippen LogP contribution is 2.29. The first-order valence-corrected chi connectivity index (χ1v) is 7.00. The first-order chi connectivity index (χ1) is 9.18. The minimum atomic E-state index is -0.738. The maximum atomic E-state index is 11.9. The van der Waals surface area contributed by atoms with Crippen molar-refractivity contribution in [2.75, 3.05) is 26.3 Å². The Balaban J connectivity index is 1.79. The molecule has 0 aromatic heterocycles. The molecule has 0 bridgehead atoms. The molecule has 1 amide bonds. The van der Waals surface area contributed by atoms with Crippen molar-refractivity contribution < 1.29 is 19.4 Å². The Labute approximate surface area is 112 Å². The predicted octanol–water partition coefficient (Wildman–Crippen LogP) is -0.0180. The number of aliphatic carboxylic acids is 1. The fourth-order valence-electron chi connectivity index (χ4n) is 2.87. The van der Waals surface area contributed by atoms with Crippen LogP contribution in [0.3, 0.4) is 0 Å². The normalized spacial score (nSPS) is 31.7. The van der Waals surface area contributed by atoms with Crippen molar-refractivity contribution in [1.29, 1.82) is 0 Å². The summed E-state index contributed by atoms with van der Waals surface area (Å²) in [4.78, 5) is 23.1. The zero-order chi connectivity index (χ0) is 13.7. The van der Waals surface area contributed by atoms with Gasteiger partial charge in [-0.2, -0.15) is 0 Å². The molecular formula is C13H22N2O4. The summed E-state index contributed by atoms with van der Waals surface area (Å²) in [6, 6.07) is -0.305. The van der Waals surface area contributed by atoms with E-state index in [0.29, 0.717) is 26.3 Å². The molecule has 2 rings (SSSR count). The summed E-state index contributed by atoms with van der Waals surface area (Å²) in [7, 11) is 0. The van der Waals surface area contributed by atoms with Crippen LogP contribution in [0.5, 0.6) is 0 Å². The fourth-order valence-corrected chi connectivity index (χ4v) is 2.87. The number of carbonyl (C=O) groups is 2. The molecule has 0 spiro atoms. The molecule has 1 aliphatic carbocycles. The molecule has 6 heteroatoms. The van der Waals surface area contributed by atoms with Crippen LogP contribution in [0, 0.1) is 11.8 Å². The van der Waals surface area contributed by atoms with Crippen LogP contribution in [-0.2, 0) is 14.3 Å². The van der Waals surface area contributed by atoms with E-state index >= 15 is 0 Å². The highest BCUT2D eigenvalue weighted by molar-refractivity contribution is 5.82. The van der Waals surface area contributed by atoms with E-state index in [4.69, 9.17) is 4.74 Å². The molecule has 108 valence electrons. The highest BCUT2D eigenvalue weighted by Gasteiger charge is 2.31. The summed E-state index contributed by atoms with van der Waals surface area (Å²) in [6.45, 7) is 2.15. The van der Waals surface area contributed by atoms with Gasteiger partial charge in [0.05, 0.1) is 19.1 Å². The monoisotopic (exact) mass is 270 g/mol. The molecule has 3 atom stereocenters. The van der Waals surface area contributed by atoms with Crippen LogP contribution in [0.25, 0.3) is 0 Å². The van der Waals surface area contributed by atoms with Crippen molar-refractivity contribution in [3.8, 4) is 0 Å². The molecule has 1 aliphatic heterocycles. The first kappa shape index (κ1) is 14.3. The standard InChI is InChI=1S/C13H22N2O4/c16-12(11-8-19-6-5-14-11)15-7-9-3-1-2-4-10(9)13(17)18/h9-11,14H,1-8H2,(H,15,16)(H,17,18). The van der Waals surface area contributed by atoms with Crippen molar-refractivity contribution in [2.45, 2.75) is 31.7 Å². The van der Waals surface area contributed by atoms with E-state index < -0.39 is 5.97 Å². The lowest BCUT2D eigenvalue weighted by molar-refractivity contribution is -0.145. The lowest BCUT2D eigenvalue weighted by Gasteiger charge is -2.29. The Morgan fingerprint density at radius 1 is 1.32 bits per heavy atom. The van der Waals surface area contributed by atoms with E-state index in [1.807, 2.05) is 0 Å². The summed E-state index contributed by atoms with van der Waals surface area (Å²) in [5, 5.41) is 15.1. The Morgan fingerprint density at radius 3 is 2.79 bits per heavy atom. The van der Waals surface area contributed by atoms with Gasteiger partial charge >= 0.3 is 5.97 Å². The van der Waals surface area contributed by atoms with Gasteiger partial charge in [0.25, 0.3) is 0 Å². The minimum absolute atomic E-state index is 0.0553. The molecular weight excluding hydrogens is 248 g/mol. The lowest BCUT2D eigenvalue weighted by Crippen LogP contribution is -2.52. The third-order valence-electron chi connectivity index (χ3n) is 4.00. The van der Waals surface area contributed by atoms with E-state index in [2.05, 4.69) is 10.6 Å². The number of ether oxygens (including phenoxy) is 1. The van der Waals surface area contributed by atoms with Crippen molar-refractivity contribution in [3.63, 3.8) is 0 Å². The number of hydrogen-bond donors (Lipinski definition) is 3. The highest BCUT2D eigenvalue weighted by atomic mass is 16.5. The SMILES string of the molecule is O=C(NCC1CCCCC1C(=O)O)C1COCCN1. The number of carboxylic acids is 1. The number of nitrogens with one attached hydrogen (secondary N) is 2. The smallest absolute Gasteiger partial charge is 0.306 e. The Morgan fingerprint density at radius 2 is 2.11 bits per heavy atom. The molecule has 6 nitrogen and oxygen atoms in total. The Hall–Kier alpha value is -1.14. The number of hydrogen-bond acceptors (Lipinski definition) is 4. The van der Waals surface area contributed by atoms with Gasteiger partial charge in [-0.3, -0.25) is 9.59 Å². The van der Waals surface area contributed by atoms with Gasteiger partial charge in [-0.05, 0) is 18.8 Å². The number of carboxylic acid groups (broad SMARTS) is 1. The molecule has 19 heavy (non-hydrogen) atoms. The summed E-state index contributed by atoms with van der Waals surface area (Å²) < 4.78 is 5.24. The summed E-state index contributed by atoms with van der Waals surface area (Å²) >= 11 is 0. The van der Waals surface area contributed by atoms with Gasteiger partial charge in [0, 0.05) is 13.1 Å². The average molecular weight is 270 g/mol. The van der Waals surface area contributed by atoms with Crippen LogP contribution in [0.2, 0.25) is 0 Å². The van der Waals surface area contributed by atoms with Crippen molar-refractivity contribution in [2.24, 2.45) is 11.8 Å². The minimum Gasteiger partial charge on any atom is -0.481 e. The van der Waals surface area contributed by atoms with Crippen LogP contribution in [0.15, 0.2) is 0 Å². The second-order valence-corrected chi connectivity index (χ2v) is 5.32. The van der Waals surface area contributed by atoms with Crippen LogP contribution >= 0.6 is 0 Å². The molecule has 2 aliphatic rings. The molecule has 0 radical (unpaired) electrons. The maximum Gasteiger partial charge on any atom is 0.306 e. The second-order valence-electron chi connectivity index (χ2n) is 5.32. The average Bonchev–Trinajstić information content (AvgIpc) is 2.46. The summed E-state index contributed by atoms with van der Waals surface area (Å²) in [5.41, 5.74) is 0. The van der Waals surface area contributed by atoms with E-state index in [1.54, 1.807) is 0 Å². The maximum absolute atomic E-state index is 11.9. The van der Waals surface area contributed by atoms with Gasteiger partial charge in [-0.1, -0.05) is 12.8 Å². The zero-order valence-electron chi connectivity index (χ0n) is 11.1. The molecule has 3 unspecified atom stereocenters. The number of rotatable bonds is 4. The second kappa shape index (κ2) is 6.86. The van der Waals surface area contributed by atoms with E-state index in [0.717, 1.165) is 25.7 Å². The lowest BCUT2D eigenvalue weighted by atomic mass is 9.79. The van der Waals surface area contributed by atoms with Gasteiger partial charge in [0.15, 0.2) is 0 Å². The molecule has 2 fully saturated rings. The van der Waals surface area contributed by atoms with Crippen LogP contribution in [-0.4, -0.2) is 49.3 Å². The van der Waals surface area contributed by atoms with E-state index in [9.17, 15) is 14.7 Å². The number of morpholine rings is 1. The third kappa shape index (κ3) is 3.91. The van der Waals surface area contributed by atoms with Crippen LogP contribution < -0.4 is 10.6 Å². The van der Waals surface area contributed by atoms with Crippen LogP contribution in [0.4, 0.5) is 0 Å². The molecule has 1 heterocycles. The number of carbonyl (C=O) groups excluding carboxylic acids is 1. The quantitative estimate of drug-likeness (QED) is 0.668. The van der Waals surface area contributed by atoms with E-state index in [1.165, 1.54) is 0 Å². The fraction of sp³-hybridized carbons (Fsp3) is 0.846. The summed E-state index contributed by atoms with van der Waals surface area (Å²) in [6.07, 6.45) is 3.63. The largest absolute Gasteiger partial charge is 0.481 e. The molecule has 1 saturated carbocycles. The van der Waals surface area contributed by atoms with Crippen molar-refractivity contribution >= 4 is 11.9 Å². The topological polar surface area (TPSA) is 87.7 Å². The van der Waals surface area contributed by atoms with Crippen molar-refractivity contribution in [1.82, 2.24) is 10.6 Å². The van der Waals surface area contributed by atoms with Gasteiger partial charge in [0.1, 0.15) is 6.04 Å². The molecule has 0 aromatic rings. The zero-order valence-corrected chi connectivity index (χ0v) is 11.1. The third-order valence-corrected chi connectivity index (χ3v) is 4.00. The van der Waals surface area contributed by atoms with E-state index in [-0.39, 0.29) is 23.8 Å². The Kier molecular flexibility index (Phi) is 5.15. The number of amides is 1. The van der Waals surface area contributed by atoms with Crippen molar-refractivity contribution in [3.05, 3.63) is 0 Å². The van der Waals surface area contributed by atoms with Gasteiger partial charge in [0.2, 0.25) is 5.91 Å². The summed E-state index contributed by atoms with van der Waals surface area (Å²) in [5.74, 6) is -1.09. The van der Waals surface area contributed by atoms with Crippen LogP contribution in [0.1, 0.15) is 25.7 Å². The molecule has 1 saturated heterocycles. The molecule has 3 N–H and O–H groups in total. The van der Waals surface area contributed by atoms with Gasteiger partial charge < -0.3 is 20.5 Å². The first-order valence-electron chi connectivity index (χ1n) is 7.00. The Bertz CT molecular complexity index is 329.